The fourth-order valence-electron chi connectivity index (χ4n) is 2.47. The predicted octanol–water partition coefficient (Wildman–Crippen LogP) is 2.53. The van der Waals surface area contributed by atoms with Gasteiger partial charge in [-0.3, -0.25) is 4.79 Å². The zero-order valence-corrected chi connectivity index (χ0v) is 13.4. The largest absolute Gasteiger partial charge is 0.394 e. The molecule has 2 atom stereocenters. The minimum atomic E-state index is -0.295. The van der Waals surface area contributed by atoms with Crippen molar-refractivity contribution in [3.8, 4) is 0 Å². The standard InChI is InChI=1S/C15H19Cl2NO3/c1-10-7-18(8-13(9-19)21-10)15(20)5-3-11-2-4-12(16)6-14(11)17/h2,4,6,10,13,19H,3,5,7-9H2,1H3. The number of nitrogens with zero attached hydrogens (tertiary/aromatic N) is 1. The van der Waals surface area contributed by atoms with Crippen molar-refractivity contribution >= 4 is 29.1 Å². The van der Waals surface area contributed by atoms with Crippen molar-refractivity contribution in [3.63, 3.8) is 0 Å². The number of carbonyl (C=O) groups excluding carboxylic acids is 1. The van der Waals surface area contributed by atoms with Crippen molar-refractivity contribution in [3.05, 3.63) is 33.8 Å². The minimum Gasteiger partial charge on any atom is -0.394 e. The van der Waals surface area contributed by atoms with Crippen molar-refractivity contribution < 1.29 is 14.6 Å². The van der Waals surface area contributed by atoms with E-state index in [1.807, 2.05) is 13.0 Å². The van der Waals surface area contributed by atoms with Crippen LogP contribution in [0.4, 0.5) is 0 Å². The molecule has 0 spiro atoms. The first kappa shape index (κ1) is 16.6. The number of aliphatic hydroxyl groups excluding tert-OH is 1. The molecule has 0 saturated carbocycles. The molecule has 21 heavy (non-hydrogen) atoms. The highest BCUT2D eigenvalue weighted by Crippen LogP contribution is 2.22. The molecule has 2 unspecified atom stereocenters. The minimum absolute atomic E-state index is 0.0506. The summed E-state index contributed by atoms with van der Waals surface area (Å²) in [6.45, 7) is 2.83. The zero-order chi connectivity index (χ0) is 15.4. The van der Waals surface area contributed by atoms with Crippen molar-refractivity contribution in [2.24, 2.45) is 0 Å². The lowest BCUT2D eigenvalue weighted by Gasteiger charge is -2.36. The zero-order valence-electron chi connectivity index (χ0n) is 11.9. The molecule has 6 heteroatoms. The van der Waals surface area contributed by atoms with Crippen LogP contribution in [0.15, 0.2) is 18.2 Å². The highest BCUT2D eigenvalue weighted by Gasteiger charge is 2.27. The molecule has 116 valence electrons. The molecular weight excluding hydrogens is 313 g/mol. The molecule has 1 aromatic carbocycles. The van der Waals surface area contributed by atoms with Gasteiger partial charge in [0.25, 0.3) is 0 Å². The van der Waals surface area contributed by atoms with Gasteiger partial charge >= 0.3 is 0 Å². The fraction of sp³-hybridized carbons (Fsp3) is 0.533. The van der Waals surface area contributed by atoms with Crippen LogP contribution in [-0.4, -0.2) is 47.8 Å². The molecule has 1 heterocycles. The third-order valence-electron chi connectivity index (χ3n) is 3.51. The van der Waals surface area contributed by atoms with Gasteiger partial charge in [-0.2, -0.15) is 0 Å². The summed E-state index contributed by atoms with van der Waals surface area (Å²) in [5.74, 6) is 0.0506. The molecule has 0 radical (unpaired) electrons. The average Bonchev–Trinajstić information content (AvgIpc) is 2.45. The molecule has 1 aliphatic heterocycles. The number of halogens is 2. The molecular formula is C15H19Cl2NO3. The number of aliphatic hydroxyl groups is 1. The van der Waals surface area contributed by atoms with Gasteiger partial charge in [0.2, 0.25) is 5.91 Å². The maximum Gasteiger partial charge on any atom is 0.223 e. The van der Waals surface area contributed by atoms with Gasteiger partial charge in [0, 0.05) is 29.6 Å². The summed E-state index contributed by atoms with van der Waals surface area (Å²) in [5, 5.41) is 10.4. The van der Waals surface area contributed by atoms with Crippen LogP contribution < -0.4 is 0 Å². The summed E-state index contributed by atoms with van der Waals surface area (Å²) in [4.78, 5) is 14.0. The van der Waals surface area contributed by atoms with Gasteiger partial charge in [-0.25, -0.2) is 0 Å². The Kier molecular flexibility index (Phi) is 5.88. The van der Waals surface area contributed by atoms with Gasteiger partial charge in [-0.15, -0.1) is 0 Å². The van der Waals surface area contributed by atoms with Crippen LogP contribution in [0.5, 0.6) is 0 Å². The van der Waals surface area contributed by atoms with Crippen LogP contribution in [-0.2, 0) is 16.0 Å². The molecule has 1 N–H and O–H groups in total. The van der Waals surface area contributed by atoms with E-state index < -0.39 is 0 Å². The molecule has 0 aliphatic carbocycles. The third kappa shape index (κ3) is 4.58. The first-order valence-electron chi connectivity index (χ1n) is 6.97. The van der Waals surface area contributed by atoms with Gasteiger partial charge in [-0.1, -0.05) is 29.3 Å². The van der Waals surface area contributed by atoms with Gasteiger partial charge in [0.1, 0.15) is 0 Å². The average molecular weight is 332 g/mol. The fourth-order valence-corrected chi connectivity index (χ4v) is 2.98. The van der Waals surface area contributed by atoms with Crippen LogP contribution in [0.1, 0.15) is 18.9 Å². The molecule has 1 saturated heterocycles. The predicted molar refractivity (Wildman–Crippen MR) is 82.8 cm³/mol. The lowest BCUT2D eigenvalue weighted by Crippen LogP contribution is -2.50. The van der Waals surface area contributed by atoms with Crippen LogP contribution in [0.3, 0.4) is 0 Å². The highest BCUT2D eigenvalue weighted by molar-refractivity contribution is 6.35. The van der Waals surface area contributed by atoms with Gasteiger partial charge in [0.15, 0.2) is 0 Å². The Morgan fingerprint density at radius 1 is 1.43 bits per heavy atom. The summed E-state index contributed by atoms with van der Waals surface area (Å²) in [6.07, 6.45) is 0.604. The number of ether oxygens (including phenoxy) is 1. The van der Waals surface area contributed by atoms with E-state index in [4.69, 9.17) is 27.9 Å². The van der Waals surface area contributed by atoms with E-state index in [-0.39, 0.29) is 24.7 Å². The van der Waals surface area contributed by atoms with E-state index in [9.17, 15) is 9.90 Å². The van der Waals surface area contributed by atoms with Gasteiger partial charge in [-0.05, 0) is 31.0 Å². The number of carbonyl (C=O) groups is 1. The first-order chi connectivity index (χ1) is 9.99. The van der Waals surface area contributed by atoms with E-state index in [1.54, 1.807) is 17.0 Å². The molecule has 1 aliphatic rings. The van der Waals surface area contributed by atoms with Crippen molar-refractivity contribution in [1.82, 2.24) is 4.90 Å². The molecule has 2 rings (SSSR count). The quantitative estimate of drug-likeness (QED) is 0.922. The number of hydrogen-bond acceptors (Lipinski definition) is 3. The monoisotopic (exact) mass is 331 g/mol. The number of benzene rings is 1. The van der Waals surface area contributed by atoms with E-state index >= 15 is 0 Å². The summed E-state index contributed by atoms with van der Waals surface area (Å²) in [6, 6.07) is 5.30. The Morgan fingerprint density at radius 3 is 2.86 bits per heavy atom. The lowest BCUT2D eigenvalue weighted by molar-refractivity contribution is -0.147. The number of aryl methyl sites for hydroxylation is 1. The normalized spacial score (nSPS) is 22.4. The second-order valence-corrected chi connectivity index (χ2v) is 6.13. The van der Waals surface area contributed by atoms with Crippen LogP contribution >= 0.6 is 23.2 Å². The maximum absolute atomic E-state index is 12.3. The van der Waals surface area contributed by atoms with Crippen LogP contribution in [0, 0.1) is 0 Å². The topological polar surface area (TPSA) is 49.8 Å². The second-order valence-electron chi connectivity index (χ2n) is 5.29. The van der Waals surface area contributed by atoms with E-state index in [1.165, 1.54) is 0 Å². The Morgan fingerprint density at radius 2 is 2.19 bits per heavy atom. The summed E-state index contributed by atoms with van der Waals surface area (Å²) >= 11 is 12.0. The summed E-state index contributed by atoms with van der Waals surface area (Å²) < 4.78 is 5.53. The van der Waals surface area contributed by atoms with Crippen molar-refractivity contribution in [2.75, 3.05) is 19.7 Å². The molecule has 1 amide bonds. The number of rotatable bonds is 4. The Hall–Kier alpha value is -0.810. The molecule has 1 aromatic rings. The van der Waals surface area contributed by atoms with Gasteiger partial charge < -0.3 is 14.7 Å². The summed E-state index contributed by atoms with van der Waals surface area (Å²) in [7, 11) is 0. The Bertz CT molecular complexity index is 510. The van der Waals surface area contributed by atoms with Crippen molar-refractivity contribution in [2.45, 2.75) is 32.0 Å². The van der Waals surface area contributed by atoms with E-state index in [0.29, 0.717) is 36.0 Å². The highest BCUT2D eigenvalue weighted by atomic mass is 35.5. The molecule has 0 bridgehead atoms. The summed E-state index contributed by atoms with van der Waals surface area (Å²) in [5.41, 5.74) is 0.912. The van der Waals surface area contributed by atoms with Crippen LogP contribution in [0.2, 0.25) is 10.0 Å². The molecule has 0 aromatic heterocycles. The number of morpholine rings is 1. The second kappa shape index (κ2) is 7.45. The molecule has 4 nitrogen and oxygen atoms in total. The SMILES string of the molecule is CC1CN(C(=O)CCc2ccc(Cl)cc2Cl)CC(CO)O1. The third-order valence-corrected chi connectivity index (χ3v) is 4.09. The van der Waals surface area contributed by atoms with Crippen LogP contribution in [0.25, 0.3) is 0 Å². The smallest absolute Gasteiger partial charge is 0.223 e. The van der Waals surface area contributed by atoms with E-state index in [2.05, 4.69) is 0 Å². The Balaban J connectivity index is 1.92. The Labute approximate surface area is 134 Å². The lowest BCUT2D eigenvalue weighted by atomic mass is 10.1. The number of hydrogen-bond donors (Lipinski definition) is 1. The number of amides is 1. The maximum atomic E-state index is 12.3. The van der Waals surface area contributed by atoms with E-state index in [0.717, 1.165) is 5.56 Å². The molecule has 1 fully saturated rings. The van der Waals surface area contributed by atoms with Crippen molar-refractivity contribution in [1.29, 1.82) is 0 Å². The first-order valence-corrected chi connectivity index (χ1v) is 7.73. The van der Waals surface area contributed by atoms with Gasteiger partial charge in [0.05, 0.1) is 18.8 Å².